The summed E-state index contributed by atoms with van der Waals surface area (Å²) in [5, 5.41) is 32.6. The van der Waals surface area contributed by atoms with Gasteiger partial charge < -0.3 is 80.8 Å². The number of nitrogens with one attached hydrogen (secondary N) is 2. The van der Waals surface area contributed by atoms with Crippen molar-refractivity contribution in [3.63, 3.8) is 0 Å². The van der Waals surface area contributed by atoms with Crippen molar-refractivity contribution in [3.8, 4) is 23.0 Å². The number of phenolic OH excluding ortho intramolecular Hbond substituents is 2. The molecule has 24 nitrogen and oxygen atoms in total. The molecule has 10 aromatic heterocycles. The van der Waals surface area contributed by atoms with Gasteiger partial charge in [0.1, 0.15) is 85.4 Å². The first-order valence-corrected chi connectivity index (χ1v) is 36.3. The third kappa shape index (κ3) is 18.6. The van der Waals surface area contributed by atoms with Gasteiger partial charge in [0, 0.05) is 111 Å². The molecule has 17 aromatic rings. The fraction of sp³-hybridized carbons (Fsp3) is 0.155. The number of piperidine rings is 2. The number of rotatable bonds is 11. The summed E-state index contributed by atoms with van der Waals surface area (Å²) in [6.45, 7) is 4.64. The van der Waals surface area contributed by atoms with Crippen LogP contribution in [0.25, 0.3) is 110 Å². The van der Waals surface area contributed by atoms with Crippen LogP contribution in [0.3, 0.4) is 0 Å². The Balaban J connectivity index is 0.000000130. The summed E-state index contributed by atoms with van der Waals surface area (Å²) in [5.74, 6) is -0.0556. The van der Waals surface area contributed by atoms with Gasteiger partial charge >= 0.3 is 11.9 Å². The Hall–Kier alpha value is -11.8. The Morgan fingerprint density at radius 2 is 0.910 bits per heavy atom. The number of fused-ring (bicyclic) bond motifs is 13. The maximum atomic E-state index is 12.0. The van der Waals surface area contributed by atoms with Crippen LogP contribution < -0.4 is 20.1 Å². The second kappa shape index (κ2) is 37.1. The Bertz CT molecular complexity index is 6010. The van der Waals surface area contributed by atoms with Crippen LogP contribution in [-0.4, -0.2) is 72.7 Å². The van der Waals surface area contributed by atoms with E-state index in [-0.39, 0.29) is 88.1 Å². The summed E-state index contributed by atoms with van der Waals surface area (Å²) in [7, 11) is 1.65. The number of methoxy groups -OCH3 is 1. The van der Waals surface area contributed by atoms with Gasteiger partial charge in [-0.2, -0.15) is 0 Å². The molecule has 7 aromatic carbocycles. The molecule has 19 rings (SSSR count). The predicted octanol–water partition coefficient (Wildman–Crippen LogP) is 20.0. The molecule has 111 heavy (non-hydrogen) atoms. The smallest absolute Gasteiger partial charge is 0.330 e. The fourth-order valence-electron chi connectivity index (χ4n) is 12.4. The molecule has 2 aliphatic rings. The standard InChI is InChI=1S/2C15H11NO4.C14H13IO4.C14H12O4.C9H8O2.C8H5IO2.C8H6O2.CH3.W/c2*17-13-4-1-8(15(18)16-13)10-7-20-12-3-2-11-9(14(10)12)5-6-19-11;1-2-17-13(16)4-3-8-18-12-6-5-11-10(14(12)15)7-9-19-11;1-2-16-13(15)7-9-8-18-12-4-3-11-10(14(9)12)5-6-17-11;1-10-8-2-3-9-7(6-8)4-5-11-9;9-8-5-3-4-11-7(5)2-1-6(8)10;9-7-1-2-8-6(5-7)3-4-10-8;;/h2*2-3,5-8H,1,4H2,(H,16,17,18);3-7,9H,2,8H2,1H3;3-6,8H,2,7H2,1H3;2-6H,1H3;1-4,10H;1-5,9H;1H3;/q;;;;;;;-1;/b;;4-3+;;;;;;. The van der Waals surface area contributed by atoms with Gasteiger partial charge in [-0.05, 0) is 217 Å². The van der Waals surface area contributed by atoms with Crippen molar-refractivity contribution < 1.29 is 123 Å². The van der Waals surface area contributed by atoms with E-state index in [0.29, 0.717) is 51.3 Å². The van der Waals surface area contributed by atoms with Gasteiger partial charge in [-0.3, -0.25) is 34.6 Å². The molecule has 12 heterocycles. The number of carbonyl (C=O) groups is 6. The van der Waals surface area contributed by atoms with Crippen LogP contribution in [0.1, 0.15) is 68.1 Å². The molecular formula is C84H69I2N2O22W-. The van der Waals surface area contributed by atoms with Gasteiger partial charge in [0.15, 0.2) is 0 Å². The molecule has 4 N–H and O–H groups in total. The van der Waals surface area contributed by atoms with E-state index in [1.165, 1.54) is 6.08 Å². The van der Waals surface area contributed by atoms with Crippen LogP contribution >= 0.6 is 45.2 Å². The average Bonchev–Trinajstić information content (AvgIpc) is 1.63. The number of phenols is 2. The average molecular weight is 1900 g/mol. The Morgan fingerprint density at radius 1 is 0.486 bits per heavy atom. The van der Waals surface area contributed by atoms with Gasteiger partial charge in [-0.15, -0.1) is 0 Å². The number of hydrogen-bond acceptors (Lipinski definition) is 22. The van der Waals surface area contributed by atoms with Crippen molar-refractivity contribution in [3.05, 3.63) is 246 Å². The molecule has 0 spiro atoms. The monoisotopic (exact) mass is 1900 g/mol. The van der Waals surface area contributed by atoms with Gasteiger partial charge in [0.05, 0.1) is 108 Å². The first-order chi connectivity index (χ1) is 53.0. The maximum absolute atomic E-state index is 12.0. The summed E-state index contributed by atoms with van der Waals surface area (Å²) >= 11 is 4.30. The van der Waals surface area contributed by atoms with Crippen molar-refractivity contribution >= 4 is 190 Å². The van der Waals surface area contributed by atoms with Crippen molar-refractivity contribution in [1.82, 2.24) is 10.6 Å². The molecule has 2 saturated heterocycles. The van der Waals surface area contributed by atoms with Crippen molar-refractivity contribution in [2.24, 2.45) is 0 Å². The minimum atomic E-state index is -0.355. The molecule has 4 amide bonds. The Kier molecular flexibility index (Phi) is 26.8. The van der Waals surface area contributed by atoms with Crippen molar-refractivity contribution in [2.45, 2.75) is 57.8 Å². The second-order valence-corrected chi connectivity index (χ2v) is 26.5. The van der Waals surface area contributed by atoms with Crippen LogP contribution in [0, 0.1) is 14.6 Å². The number of esters is 2. The summed E-state index contributed by atoms with van der Waals surface area (Å²) in [6.07, 6.45) is 21.2. The number of imide groups is 2. The van der Waals surface area contributed by atoms with Gasteiger partial charge in [-0.1, -0.05) is 0 Å². The summed E-state index contributed by atoms with van der Waals surface area (Å²) < 4.78 is 75.5. The predicted molar refractivity (Wildman–Crippen MR) is 426 cm³/mol. The molecule has 2 fully saturated rings. The zero-order valence-electron chi connectivity index (χ0n) is 59.7. The molecule has 0 radical (unpaired) electrons. The summed E-state index contributed by atoms with van der Waals surface area (Å²) in [4.78, 5) is 69.2. The second-order valence-electron chi connectivity index (χ2n) is 24.3. The number of aromatic hydroxyl groups is 2. The zero-order valence-corrected chi connectivity index (χ0v) is 67.0. The third-order valence-electron chi connectivity index (χ3n) is 17.6. The van der Waals surface area contributed by atoms with Gasteiger partial charge in [0.2, 0.25) is 23.6 Å². The summed E-state index contributed by atoms with van der Waals surface area (Å²) in [5.41, 5.74) is 10.3. The SMILES string of the molecule is CCOC(=O)/C=C/COc1ccc2occc2c1I.CCOC(=O)Cc1coc2ccc3occc3c12.COc1ccc2occc2c1.O=C1CCC(c2coc3ccc4occc4c23)C(=O)N1.O=C1CCC(c2coc3ccc4occc4c23)C(=O)N1.Oc1ccc2occc2c1.Oc1ccc2occc2c1I.[CH3-].[W]. The largest absolute Gasteiger partial charge is 0.508 e. The fourth-order valence-corrected chi connectivity index (χ4v) is 13.9. The van der Waals surface area contributed by atoms with Gasteiger partial charge in [-0.25, -0.2) is 4.79 Å². The molecule has 0 bridgehead atoms. The zero-order chi connectivity index (χ0) is 76.1. The van der Waals surface area contributed by atoms with E-state index in [1.54, 1.807) is 120 Å². The van der Waals surface area contributed by atoms with E-state index >= 15 is 0 Å². The summed E-state index contributed by atoms with van der Waals surface area (Å²) in [6, 6.07) is 42.0. The first-order valence-electron chi connectivity index (χ1n) is 34.1. The van der Waals surface area contributed by atoms with E-state index in [9.17, 15) is 33.9 Å². The topological polar surface area (TPSA) is 335 Å². The van der Waals surface area contributed by atoms with Crippen LogP contribution in [0.15, 0.2) is 258 Å². The molecule has 27 heteroatoms. The number of furan rings is 10. The first kappa shape index (κ1) is 80.3. The minimum Gasteiger partial charge on any atom is -0.508 e. The van der Waals surface area contributed by atoms with E-state index in [0.717, 1.165) is 145 Å². The molecule has 568 valence electrons. The van der Waals surface area contributed by atoms with Crippen LogP contribution in [-0.2, 0) is 65.7 Å². The molecule has 2 aliphatic heterocycles. The van der Waals surface area contributed by atoms with Crippen LogP contribution in [0.2, 0.25) is 0 Å². The maximum Gasteiger partial charge on any atom is 0.330 e. The molecular weight excluding hydrogens is 1830 g/mol. The van der Waals surface area contributed by atoms with E-state index < -0.39 is 0 Å². The molecule has 0 aliphatic carbocycles. The number of ether oxygens (including phenoxy) is 4. The number of amides is 4. The quantitative estimate of drug-likeness (QED) is 0.0307. The Labute approximate surface area is 672 Å². The molecule has 0 saturated carbocycles. The normalized spacial score (nSPS) is 13.8. The molecule has 2 atom stereocenters. The minimum absolute atomic E-state index is 0. The van der Waals surface area contributed by atoms with Gasteiger partial charge in [0.25, 0.3) is 0 Å². The van der Waals surface area contributed by atoms with E-state index in [2.05, 4.69) is 55.8 Å². The third-order valence-corrected chi connectivity index (χ3v) is 19.8. The van der Waals surface area contributed by atoms with Crippen molar-refractivity contribution in [2.75, 3.05) is 26.9 Å². The van der Waals surface area contributed by atoms with Crippen LogP contribution in [0.4, 0.5) is 0 Å². The van der Waals surface area contributed by atoms with E-state index in [1.807, 2.05) is 109 Å². The number of carbonyl (C=O) groups excluding carboxylic acids is 6. The van der Waals surface area contributed by atoms with Crippen LogP contribution in [0.5, 0.6) is 23.0 Å². The van der Waals surface area contributed by atoms with E-state index in [4.69, 9.17) is 68.2 Å². The number of benzene rings is 7. The Morgan fingerprint density at radius 3 is 1.43 bits per heavy atom. The van der Waals surface area contributed by atoms with Crippen molar-refractivity contribution in [1.29, 1.82) is 0 Å². The molecule has 2 unspecified atom stereocenters. The number of halogens is 2. The number of hydrogen-bond donors (Lipinski definition) is 4.